The monoisotopic (exact) mass is 409 g/mol. The van der Waals surface area contributed by atoms with E-state index in [9.17, 15) is 14.9 Å². The number of para-hydroxylation sites is 1. The molecule has 0 bridgehead atoms. The van der Waals surface area contributed by atoms with Gasteiger partial charge in [0, 0.05) is 6.07 Å². The number of carbonyl (C=O) groups excluding carboxylic acids is 1. The average molecular weight is 409 g/mol. The Labute approximate surface area is 172 Å². The number of amides is 1. The number of methoxy groups -OCH3 is 2. The van der Waals surface area contributed by atoms with Gasteiger partial charge in [0.15, 0.2) is 11.5 Å². The van der Waals surface area contributed by atoms with E-state index >= 15 is 0 Å². The average Bonchev–Trinajstić information content (AvgIpc) is 3.22. The lowest BCUT2D eigenvalue weighted by Gasteiger charge is -2.09. The summed E-state index contributed by atoms with van der Waals surface area (Å²) in [6.07, 6.45) is 1.42. The molecule has 0 fully saturated rings. The molecule has 1 amide bonds. The second kappa shape index (κ2) is 9.37. The van der Waals surface area contributed by atoms with Crippen LogP contribution in [0.3, 0.4) is 0 Å². The van der Waals surface area contributed by atoms with Crippen molar-refractivity contribution >= 4 is 17.8 Å². The minimum Gasteiger partial charge on any atom is -0.493 e. The summed E-state index contributed by atoms with van der Waals surface area (Å²) in [6, 6.07) is 14.7. The molecule has 0 aliphatic carbocycles. The Kier molecular flexibility index (Phi) is 6.43. The first-order valence-corrected chi connectivity index (χ1v) is 8.88. The molecule has 2 aromatic carbocycles. The Hall–Kier alpha value is -4.14. The van der Waals surface area contributed by atoms with Crippen molar-refractivity contribution in [3.63, 3.8) is 0 Å². The third-order valence-corrected chi connectivity index (χ3v) is 4.19. The molecule has 30 heavy (non-hydrogen) atoms. The molecule has 3 rings (SSSR count). The first-order valence-electron chi connectivity index (χ1n) is 8.88. The Bertz CT molecular complexity index is 1090. The third kappa shape index (κ3) is 4.82. The highest BCUT2D eigenvalue weighted by Crippen LogP contribution is 2.30. The van der Waals surface area contributed by atoms with E-state index in [2.05, 4.69) is 10.5 Å². The number of nitro groups is 1. The van der Waals surface area contributed by atoms with Crippen molar-refractivity contribution in [1.82, 2.24) is 5.43 Å². The summed E-state index contributed by atoms with van der Waals surface area (Å²) < 4.78 is 16.0. The van der Waals surface area contributed by atoms with Crippen LogP contribution in [-0.2, 0) is 11.2 Å². The van der Waals surface area contributed by atoms with Gasteiger partial charge in [0.05, 0.1) is 37.3 Å². The van der Waals surface area contributed by atoms with Crippen LogP contribution < -0.4 is 14.9 Å². The molecule has 1 N–H and O–H groups in total. The number of benzene rings is 2. The molecule has 1 heterocycles. The summed E-state index contributed by atoms with van der Waals surface area (Å²) in [5.41, 5.74) is 3.45. The Balaban J connectivity index is 1.63. The zero-order chi connectivity index (χ0) is 21.5. The zero-order valence-electron chi connectivity index (χ0n) is 16.3. The van der Waals surface area contributed by atoms with Crippen LogP contribution in [0.1, 0.15) is 11.3 Å². The lowest BCUT2D eigenvalue weighted by molar-refractivity contribution is -0.384. The fraction of sp³-hybridized carbons (Fsp3) is 0.143. The molecule has 0 radical (unpaired) electrons. The lowest BCUT2D eigenvalue weighted by atomic mass is 10.1. The predicted molar refractivity (Wildman–Crippen MR) is 110 cm³/mol. The minimum atomic E-state index is -0.472. The molecule has 1 aromatic heterocycles. The molecule has 0 aliphatic rings. The van der Waals surface area contributed by atoms with E-state index in [1.165, 1.54) is 26.5 Å². The first-order chi connectivity index (χ1) is 14.5. The number of hydrazone groups is 1. The van der Waals surface area contributed by atoms with Gasteiger partial charge in [-0.25, -0.2) is 5.43 Å². The topological polar surface area (TPSA) is 116 Å². The number of rotatable bonds is 8. The molecule has 3 aromatic rings. The Morgan fingerprint density at radius 3 is 2.63 bits per heavy atom. The van der Waals surface area contributed by atoms with E-state index in [1.807, 2.05) is 0 Å². The van der Waals surface area contributed by atoms with Gasteiger partial charge in [-0.2, -0.15) is 5.10 Å². The minimum absolute atomic E-state index is 0.0569. The zero-order valence-corrected chi connectivity index (χ0v) is 16.3. The summed E-state index contributed by atoms with van der Waals surface area (Å²) in [5, 5.41) is 15.0. The van der Waals surface area contributed by atoms with Gasteiger partial charge in [0.2, 0.25) is 5.91 Å². The molecule has 0 saturated carbocycles. The van der Waals surface area contributed by atoms with Crippen molar-refractivity contribution in [1.29, 1.82) is 0 Å². The molecule has 0 aliphatic heterocycles. The highest BCUT2D eigenvalue weighted by molar-refractivity contribution is 5.82. The first kappa shape index (κ1) is 20.6. The van der Waals surface area contributed by atoms with Crippen LogP contribution in [0.5, 0.6) is 11.5 Å². The standard InChI is InChI=1S/C21H19N3O6/c1-28-19-9-7-14(11-20(19)29-2)12-21(25)23-22-13-15-8-10-18(30-15)16-5-3-4-6-17(16)24(26)27/h3-11,13H,12H2,1-2H3,(H,23,25)/b22-13+. The Morgan fingerprint density at radius 2 is 1.90 bits per heavy atom. The molecular formula is C21H19N3O6. The molecular weight excluding hydrogens is 390 g/mol. The van der Waals surface area contributed by atoms with E-state index in [0.29, 0.717) is 28.6 Å². The van der Waals surface area contributed by atoms with E-state index in [4.69, 9.17) is 13.9 Å². The van der Waals surface area contributed by atoms with Crippen LogP contribution in [0.15, 0.2) is 64.1 Å². The van der Waals surface area contributed by atoms with Crippen molar-refractivity contribution in [2.75, 3.05) is 14.2 Å². The van der Waals surface area contributed by atoms with Crippen molar-refractivity contribution in [3.8, 4) is 22.8 Å². The lowest BCUT2D eigenvalue weighted by Crippen LogP contribution is -2.19. The summed E-state index contributed by atoms with van der Waals surface area (Å²) in [4.78, 5) is 22.8. The van der Waals surface area contributed by atoms with Crippen LogP contribution in [0.25, 0.3) is 11.3 Å². The van der Waals surface area contributed by atoms with Gasteiger partial charge in [0.1, 0.15) is 11.5 Å². The van der Waals surface area contributed by atoms with E-state index in [-0.39, 0.29) is 18.0 Å². The fourth-order valence-corrected chi connectivity index (χ4v) is 2.79. The van der Waals surface area contributed by atoms with Crippen LogP contribution in [-0.4, -0.2) is 31.3 Å². The summed E-state index contributed by atoms with van der Waals surface area (Å²) in [6.45, 7) is 0. The number of ether oxygens (including phenoxy) is 2. The largest absolute Gasteiger partial charge is 0.493 e. The van der Waals surface area contributed by atoms with E-state index < -0.39 is 4.92 Å². The van der Waals surface area contributed by atoms with E-state index in [1.54, 1.807) is 48.5 Å². The van der Waals surface area contributed by atoms with Crippen LogP contribution in [0.2, 0.25) is 0 Å². The van der Waals surface area contributed by atoms with Crippen LogP contribution in [0, 0.1) is 10.1 Å². The highest BCUT2D eigenvalue weighted by atomic mass is 16.6. The second-order valence-corrected chi connectivity index (χ2v) is 6.14. The second-order valence-electron chi connectivity index (χ2n) is 6.14. The number of furan rings is 1. The van der Waals surface area contributed by atoms with Crippen molar-refractivity contribution in [2.45, 2.75) is 6.42 Å². The summed E-state index contributed by atoms with van der Waals surface area (Å²) >= 11 is 0. The molecule has 9 heteroatoms. The Morgan fingerprint density at radius 1 is 1.13 bits per heavy atom. The van der Waals surface area contributed by atoms with Gasteiger partial charge in [0.25, 0.3) is 5.69 Å². The molecule has 0 unspecified atom stereocenters. The van der Waals surface area contributed by atoms with Gasteiger partial charge < -0.3 is 13.9 Å². The maximum absolute atomic E-state index is 12.1. The van der Waals surface area contributed by atoms with Crippen molar-refractivity contribution < 1.29 is 23.6 Å². The maximum Gasteiger partial charge on any atom is 0.280 e. The predicted octanol–water partition coefficient (Wildman–Crippen LogP) is 3.56. The molecule has 154 valence electrons. The summed E-state index contributed by atoms with van der Waals surface area (Å²) in [5.74, 6) is 1.45. The molecule has 0 spiro atoms. The number of nitrogens with zero attached hydrogens (tertiary/aromatic N) is 2. The van der Waals surface area contributed by atoms with Gasteiger partial charge in [-0.15, -0.1) is 0 Å². The van der Waals surface area contributed by atoms with Gasteiger partial charge in [-0.1, -0.05) is 18.2 Å². The van der Waals surface area contributed by atoms with Crippen molar-refractivity contribution in [3.05, 3.63) is 76.0 Å². The number of hydrogen-bond acceptors (Lipinski definition) is 7. The third-order valence-electron chi connectivity index (χ3n) is 4.19. The maximum atomic E-state index is 12.1. The summed E-state index contributed by atoms with van der Waals surface area (Å²) in [7, 11) is 3.06. The molecule has 9 nitrogen and oxygen atoms in total. The number of nitrogens with one attached hydrogen (secondary N) is 1. The normalized spacial score (nSPS) is 10.7. The van der Waals surface area contributed by atoms with Gasteiger partial charge in [-0.3, -0.25) is 14.9 Å². The number of hydrogen-bond donors (Lipinski definition) is 1. The number of nitro benzene ring substituents is 1. The quantitative estimate of drug-likeness (QED) is 0.345. The fourth-order valence-electron chi connectivity index (χ4n) is 2.79. The van der Waals surface area contributed by atoms with Crippen LogP contribution >= 0.6 is 0 Å². The van der Waals surface area contributed by atoms with Crippen molar-refractivity contribution in [2.24, 2.45) is 5.10 Å². The highest BCUT2D eigenvalue weighted by Gasteiger charge is 2.16. The van der Waals surface area contributed by atoms with Gasteiger partial charge >= 0.3 is 0 Å². The molecule has 0 atom stereocenters. The molecule has 0 saturated heterocycles. The smallest absolute Gasteiger partial charge is 0.280 e. The van der Waals surface area contributed by atoms with E-state index in [0.717, 1.165) is 5.56 Å². The van der Waals surface area contributed by atoms with Gasteiger partial charge in [-0.05, 0) is 35.9 Å². The van der Waals surface area contributed by atoms with Crippen LogP contribution in [0.4, 0.5) is 5.69 Å². The number of carbonyl (C=O) groups is 1. The SMILES string of the molecule is COc1ccc(CC(=O)N/N=C/c2ccc(-c3ccccc3[N+](=O)[O-])o2)cc1OC.